The molecule has 20 heteroatoms. The number of aliphatic hydroxyl groups excluding tert-OH is 5. The Labute approximate surface area is 948 Å². The van der Waals surface area contributed by atoms with E-state index in [2.05, 4.69) is 331 Å². The SMILES string of the molecule is CC(=O)C=C(C)O.CC(=O)C=C(C)O.CC(=O)C=C(C)O.CC(=O)C=C(C)O.CC(C)CC(=O)C=C(O)CC(C)C.Cc1[c-]c(-c2ncc(C)c3ccccc23)cc(C)c1.Cc1[c-]c(-c2ncc(CC(C)C)c3ccccc23)cc(C)c1.Cc1[c-]c(-c2nccc3c(CC(C)C)cccc23)cc(C)c1.Cc1[c-]c(-c2nccc3ccc(CC(C)C)cc23)cc(C)c1.Cc1cc[c-]c(-c2nccc3ccccc23)c1.[Ir].[Ir].[Ir].[Ir].[Ir]. The maximum Gasteiger partial charge on any atom is 0.159 e. The summed E-state index contributed by atoms with van der Waals surface area (Å²) >= 11 is 0. The molecule has 0 unspecified atom stereocenters. The second kappa shape index (κ2) is 68.3. The van der Waals surface area contributed by atoms with Crippen molar-refractivity contribution in [2.45, 2.75) is 226 Å². The first-order valence-corrected chi connectivity index (χ1v) is 48.8. The molecule has 15 rings (SSSR count). The number of aromatic nitrogens is 5. The van der Waals surface area contributed by atoms with Crippen LogP contribution in [0.3, 0.4) is 0 Å². The van der Waals surface area contributed by atoms with Crippen molar-refractivity contribution >= 4 is 82.8 Å². The summed E-state index contributed by atoms with van der Waals surface area (Å²) in [4.78, 5) is 74.5. The Morgan fingerprint density at radius 3 is 1.01 bits per heavy atom. The molecule has 793 valence electrons. The van der Waals surface area contributed by atoms with Gasteiger partial charge in [-0.05, 0) is 234 Å². The van der Waals surface area contributed by atoms with Gasteiger partial charge in [-0.3, -0.25) is 24.0 Å². The maximum absolute atomic E-state index is 11.2. The molecule has 5 radical (unpaired) electrons. The molecule has 0 bridgehead atoms. The standard InChI is InChI=1S/3C21H22N.C18H16N.C16H12N.C11H20O2.4C5H8O2.5Ir/c1-14(2)9-17-5-6-18-7-8-22-21(20(18)13-17)19-11-15(3)10-16(4)12-19;1-14(2)10-17-6-5-7-20-19(17)8-9-22-21(20)18-12-15(3)11-16(4)13-18;1-14(2)9-18-13-22-21(20-8-6-5-7-19(18)20)17-11-15(3)10-16(4)12-17;1-12-8-13(2)10-15(9-12)18-17-7-5-4-6-16(17)14(3)11-19-18;1-12-5-4-7-14(11-12)16-15-8-3-2-6-13(15)9-10-17-16;1-8(2)5-10(12)7-11(13)6-9(3)4;4*1-4(6)3-5(2)7;;;;;/h5-8,10-11,13-14H,9H2,1-4H3;5-9,11-12,14H,10H2,1-4H3;5-8,10-11,13-14H,9H2,1-4H3;4-9,11H,1-3H3;2-6,8-11H,1H3;7-9,12H,5-6H2,1-4H3;4*3,6H,1-2H3;;;;;/q5*-1;;;;;;;;;;. The Morgan fingerprint density at radius 2 is 0.622 bits per heavy atom. The molecule has 0 aliphatic heterocycles. The number of benzene rings is 10. The fraction of sp³-hybridized carbons (Fsp3) is 0.297. The van der Waals surface area contributed by atoms with Crippen LogP contribution in [-0.4, -0.2) is 79.4 Å². The molecule has 0 atom stereocenters. The number of hydrogen-bond acceptors (Lipinski definition) is 15. The van der Waals surface area contributed by atoms with Crippen LogP contribution in [0.4, 0.5) is 0 Å². The van der Waals surface area contributed by atoms with Crippen LogP contribution in [0.5, 0.6) is 0 Å². The molecule has 15 aromatic rings. The first-order chi connectivity index (χ1) is 67.5. The first kappa shape index (κ1) is 135. The predicted octanol–water partition coefficient (Wildman–Crippen LogP) is 32.4. The van der Waals surface area contributed by atoms with E-state index in [-0.39, 0.29) is 158 Å². The molecule has 0 amide bonds. The van der Waals surface area contributed by atoms with Gasteiger partial charge < -0.3 is 50.5 Å². The molecule has 5 N–H and O–H groups in total. The van der Waals surface area contributed by atoms with Crippen molar-refractivity contribution in [1.82, 2.24) is 24.9 Å². The first-order valence-electron chi connectivity index (χ1n) is 48.8. The van der Waals surface area contributed by atoms with E-state index in [0.29, 0.717) is 42.4 Å². The summed E-state index contributed by atoms with van der Waals surface area (Å²) < 4.78 is 0. The van der Waals surface area contributed by atoms with E-state index in [1.165, 1.54) is 190 Å². The van der Waals surface area contributed by atoms with Crippen molar-refractivity contribution < 1.29 is 150 Å². The number of aryl methyl sites for hydroxylation is 10. The number of allylic oxidation sites excluding steroid dienone is 10. The van der Waals surface area contributed by atoms with Crippen molar-refractivity contribution in [2.75, 3.05) is 0 Å². The van der Waals surface area contributed by atoms with Gasteiger partial charge in [0.2, 0.25) is 0 Å². The Kier molecular flexibility index (Phi) is 62.1. The number of ketones is 5. The second-order valence-corrected chi connectivity index (χ2v) is 38.8. The third-order valence-electron chi connectivity index (χ3n) is 21.2. The van der Waals surface area contributed by atoms with Crippen LogP contribution in [-0.2, 0) is 144 Å². The van der Waals surface area contributed by atoms with Crippen LogP contribution in [0.15, 0.2) is 284 Å². The number of rotatable bonds is 20. The molecule has 10 aromatic carbocycles. The zero-order valence-corrected chi connectivity index (χ0v) is 103. The number of hydrogen-bond donors (Lipinski definition) is 5. The molecule has 5 aromatic heterocycles. The molecular formula is C128H146Ir5N5O10-5. The number of aliphatic hydroxyl groups is 5. The zero-order chi connectivity index (χ0) is 106. The Bertz CT molecular complexity index is 6640. The molecule has 15 nitrogen and oxygen atoms in total. The van der Waals surface area contributed by atoms with Gasteiger partial charge >= 0.3 is 0 Å². The van der Waals surface area contributed by atoms with E-state index < -0.39 is 0 Å². The summed E-state index contributed by atoms with van der Waals surface area (Å²) in [6.45, 7) is 54.0. The fourth-order valence-corrected chi connectivity index (χ4v) is 16.2. The molecule has 0 aliphatic rings. The third kappa shape index (κ3) is 48.5. The number of pyridine rings is 5. The molecule has 148 heavy (non-hydrogen) atoms. The number of carbonyl (C=O) groups is 5. The van der Waals surface area contributed by atoms with Crippen LogP contribution < -0.4 is 0 Å². The van der Waals surface area contributed by atoms with E-state index in [1.54, 1.807) is 0 Å². The van der Waals surface area contributed by atoms with E-state index in [1.807, 2.05) is 82.9 Å². The van der Waals surface area contributed by atoms with Gasteiger partial charge in [0, 0.05) is 175 Å². The Hall–Kier alpha value is -11.5. The molecular weight excluding hydrogens is 2730 g/mol. The second-order valence-electron chi connectivity index (χ2n) is 38.8. The molecule has 0 saturated carbocycles. The smallest absolute Gasteiger partial charge is 0.159 e. The van der Waals surface area contributed by atoms with Gasteiger partial charge in [0.15, 0.2) is 28.9 Å². The molecule has 0 fully saturated rings. The topological polar surface area (TPSA) is 251 Å². The average molecular weight is 2880 g/mol. The van der Waals surface area contributed by atoms with Crippen LogP contribution in [0.25, 0.3) is 110 Å². The summed E-state index contributed by atoms with van der Waals surface area (Å²) in [7, 11) is 0. The van der Waals surface area contributed by atoms with E-state index >= 15 is 0 Å². The Morgan fingerprint density at radius 1 is 0.291 bits per heavy atom. The van der Waals surface area contributed by atoms with Gasteiger partial charge in [0.25, 0.3) is 0 Å². The van der Waals surface area contributed by atoms with Gasteiger partial charge in [-0.1, -0.05) is 241 Å². The monoisotopic (exact) mass is 2880 g/mol. The predicted molar refractivity (Wildman–Crippen MR) is 596 cm³/mol. The number of carbonyl (C=O) groups excluding carboxylic acids is 5. The van der Waals surface area contributed by atoms with E-state index in [4.69, 9.17) is 25.4 Å². The minimum atomic E-state index is -0.125. The fourth-order valence-electron chi connectivity index (χ4n) is 16.2. The van der Waals surface area contributed by atoms with Crippen LogP contribution in [0.1, 0.15) is 210 Å². The third-order valence-corrected chi connectivity index (χ3v) is 21.2. The maximum atomic E-state index is 11.2. The number of nitrogens with zero attached hydrogens (tertiary/aromatic N) is 5. The molecule has 0 saturated heterocycles. The minimum Gasteiger partial charge on any atom is -0.512 e. The largest absolute Gasteiger partial charge is 0.512 e. The summed E-state index contributed by atoms with van der Waals surface area (Å²) in [5.41, 5.74) is 26.7. The van der Waals surface area contributed by atoms with Gasteiger partial charge in [-0.25, -0.2) is 0 Å². The van der Waals surface area contributed by atoms with Crippen molar-refractivity contribution in [3.63, 3.8) is 0 Å². The van der Waals surface area contributed by atoms with Crippen molar-refractivity contribution in [3.8, 4) is 56.3 Å². The van der Waals surface area contributed by atoms with Gasteiger partial charge in [-0.2, -0.15) is 0 Å². The normalized spacial score (nSPS) is 10.9. The van der Waals surface area contributed by atoms with Crippen molar-refractivity contribution in [1.29, 1.82) is 0 Å². The van der Waals surface area contributed by atoms with Gasteiger partial charge in [0.1, 0.15) is 0 Å². The minimum absolute atomic E-state index is 0. The summed E-state index contributed by atoms with van der Waals surface area (Å²) in [6, 6.07) is 85.3. The molecule has 5 heterocycles. The number of fused-ring (bicyclic) bond motifs is 5. The van der Waals surface area contributed by atoms with Crippen LogP contribution in [0.2, 0.25) is 0 Å². The van der Waals surface area contributed by atoms with Crippen LogP contribution in [0, 0.1) is 129 Å². The Balaban J connectivity index is 0.000000842. The van der Waals surface area contributed by atoms with E-state index in [9.17, 15) is 29.1 Å². The molecule has 0 aliphatic carbocycles. The average Bonchev–Trinajstić information content (AvgIpc) is 0.799. The summed E-state index contributed by atoms with van der Waals surface area (Å²) in [5, 5.41) is 55.2. The zero-order valence-electron chi connectivity index (χ0n) is 90.9. The van der Waals surface area contributed by atoms with E-state index in [0.717, 1.165) is 97.8 Å². The summed E-state index contributed by atoms with van der Waals surface area (Å²) in [5.74, 6) is 2.66. The summed E-state index contributed by atoms with van der Waals surface area (Å²) in [6.07, 6.45) is 20.0. The molecule has 0 spiro atoms. The van der Waals surface area contributed by atoms with Gasteiger partial charge in [0.05, 0.1) is 28.8 Å². The van der Waals surface area contributed by atoms with Crippen molar-refractivity contribution in [2.24, 2.45) is 29.6 Å². The van der Waals surface area contributed by atoms with Gasteiger partial charge in [-0.15, -0.1) is 175 Å². The van der Waals surface area contributed by atoms with Crippen molar-refractivity contribution in [3.05, 3.63) is 387 Å². The quantitative estimate of drug-likeness (QED) is 0.0270. The van der Waals surface area contributed by atoms with Crippen LogP contribution >= 0.6 is 0 Å².